The summed E-state index contributed by atoms with van der Waals surface area (Å²) < 4.78 is 3.43. The number of terminal acetylenes is 2. The number of phenolic OH excluding ortho intramolecular Hbond substituents is 1. The van der Waals surface area contributed by atoms with Crippen LogP contribution in [0.4, 0.5) is 0 Å². The van der Waals surface area contributed by atoms with Gasteiger partial charge in [-0.2, -0.15) is 0 Å². The van der Waals surface area contributed by atoms with Gasteiger partial charge in [-0.3, -0.25) is 9.59 Å². The molecule has 0 aromatic heterocycles. The van der Waals surface area contributed by atoms with E-state index in [0.717, 1.165) is 69.0 Å². The Bertz CT molecular complexity index is 2990. The average molecular weight is 1780 g/mol. The summed E-state index contributed by atoms with van der Waals surface area (Å²) >= 11 is 19.5. The van der Waals surface area contributed by atoms with Crippen LogP contribution < -0.4 is 40.2 Å². The third-order valence-corrected chi connectivity index (χ3v) is 11.7. The molecule has 0 saturated carbocycles. The first kappa shape index (κ1) is 90.8. The Balaban J connectivity index is -0.000000213. The zero-order valence-electron chi connectivity index (χ0n) is 51.3. The first-order chi connectivity index (χ1) is 41.0. The van der Waals surface area contributed by atoms with Crippen LogP contribution in [0.1, 0.15) is 99.9 Å². The number of hydrogen-bond donors (Lipinski definition) is 5. The minimum atomic E-state index is 0. The van der Waals surface area contributed by atoms with E-state index < -0.39 is 0 Å². The quantitative estimate of drug-likeness (QED) is 0.0487. The van der Waals surface area contributed by atoms with Crippen molar-refractivity contribution in [3.63, 3.8) is 0 Å². The number of carbonyl (C=O) groups excluding carboxylic acids is 2. The molecule has 8 aromatic rings. The molecule has 460 valence electrons. The number of aldehydes is 2. The Morgan fingerprint density at radius 3 is 0.965 bits per heavy atom. The molecule has 86 heavy (non-hydrogen) atoms. The number of aliphatic hydroxyl groups excluding tert-OH is 2. The largest absolute Gasteiger partial charge is 1.00 e. The van der Waals surface area contributed by atoms with Crippen molar-refractivity contribution in [1.82, 2.24) is 10.6 Å². The molecule has 0 aliphatic heterocycles. The molecular weight excluding hydrogens is 1700 g/mol. The Morgan fingerprint density at radius 2 is 0.721 bits per heavy atom. The van der Waals surface area contributed by atoms with Gasteiger partial charge in [-0.05, 0) is 209 Å². The van der Waals surface area contributed by atoms with Gasteiger partial charge in [0.2, 0.25) is 0 Å². The molecule has 0 bridgehead atoms. The van der Waals surface area contributed by atoms with E-state index in [-0.39, 0.29) is 31.0 Å². The minimum Gasteiger partial charge on any atom is -1.00 e. The van der Waals surface area contributed by atoms with Crippen molar-refractivity contribution >= 4 is 114 Å². The molecule has 0 atom stereocenters. The van der Waals surface area contributed by atoms with Crippen molar-refractivity contribution in [2.45, 2.75) is 62.3 Å². The maximum Gasteiger partial charge on any atom is 1.00 e. The first-order valence-corrected chi connectivity index (χ1v) is 35.0. The smallest absolute Gasteiger partial charge is 1.00 e. The van der Waals surface area contributed by atoms with Gasteiger partial charge in [0.1, 0.15) is 30.5 Å². The van der Waals surface area contributed by atoms with Gasteiger partial charge >= 0.3 is 95.8 Å². The van der Waals surface area contributed by atoms with E-state index in [1.807, 2.05) is 147 Å². The van der Waals surface area contributed by atoms with Gasteiger partial charge in [0.25, 0.3) is 0 Å². The summed E-state index contributed by atoms with van der Waals surface area (Å²) in [5, 5.41) is 30.3. The summed E-state index contributed by atoms with van der Waals surface area (Å²) in [6, 6.07) is 63.8. The number of hydrogen-bond acceptors (Lipinski definition) is 7. The predicted octanol–water partition coefficient (Wildman–Crippen LogP) is 15.8. The normalized spacial score (nSPS) is 8.23. The van der Waals surface area contributed by atoms with Crippen LogP contribution in [0.25, 0.3) is 0 Å². The second kappa shape index (κ2) is 67.0. The molecule has 7 nitrogen and oxygen atoms in total. The maximum atomic E-state index is 10.5. The molecular formula is C71H78BrCu2I4N2NaO5. The molecule has 0 spiro atoms. The second-order valence-corrected chi connectivity index (χ2v) is 20.0. The Kier molecular flexibility index (Phi) is 70.8. The summed E-state index contributed by atoms with van der Waals surface area (Å²) in [7, 11) is 0. The van der Waals surface area contributed by atoms with Gasteiger partial charge in [-0.15, -0.1) is 6.42 Å². The van der Waals surface area contributed by atoms with Crippen LogP contribution in [0, 0.1) is 90.5 Å². The Morgan fingerprint density at radius 1 is 0.453 bits per heavy atom. The summed E-state index contributed by atoms with van der Waals surface area (Å²) in [5.41, 5.74) is 11.4. The van der Waals surface area contributed by atoms with Crippen LogP contribution in [-0.2, 0) is 25.5 Å². The predicted molar refractivity (Wildman–Crippen MR) is 392 cm³/mol. The molecule has 0 heterocycles. The Labute approximate surface area is 614 Å². The third kappa shape index (κ3) is 59.1. The van der Waals surface area contributed by atoms with Gasteiger partial charge in [0.15, 0.2) is 0 Å². The van der Waals surface area contributed by atoms with Gasteiger partial charge in [-0.25, -0.2) is 0 Å². The number of nitrogens with one attached hydrogen (secondary N) is 2. The summed E-state index contributed by atoms with van der Waals surface area (Å²) in [5.74, 6) is 11.6. The monoisotopic (exact) mass is 1770 g/mol. The first-order valence-electron chi connectivity index (χ1n) is 26.0. The van der Waals surface area contributed by atoms with Gasteiger partial charge < -0.3 is 27.4 Å². The maximum absolute atomic E-state index is 10.5. The molecule has 0 radical (unpaired) electrons. The zero-order valence-corrected chi connectivity index (χ0v) is 64.4. The van der Waals surface area contributed by atoms with Crippen molar-refractivity contribution in [3.05, 3.63) is 273 Å². The molecule has 0 unspecified atom stereocenters. The number of aryl methyl sites for hydroxylation is 5. The number of phenols is 1. The van der Waals surface area contributed by atoms with Crippen LogP contribution in [0.15, 0.2) is 205 Å². The number of aliphatic hydroxyl groups is 2. The average Bonchev–Trinajstić information content (AvgIpc) is 3.66. The van der Waals surface area contributed by atoms with E-state index in [1.165, 1.54) is 37.5 Å². The van der Waals surface area contributed by atoms with Crippen molar-refractivity contribution in [1.29, 1.82) is 0 Å². The Hall–Kier alpha value is -3.90. The fraction of sp³-hybridized carbons (Fsp3) is 0.183. The van der Waals surface area contributed by atoms with Crippen LogP contribution >= 0.6 is 102 Å². The van der Waals surface area contributed by atoms with Crippen LogP contribution in [0.3, 0.4) is 0 Å². The van der Waals surface area contributed by atoms with E-state index in [1.54, 1.807) is 77.1 Å². The summed E-state index contributed by atoms with van der Waals surface area (Å²) in [6.07, 6.45) is 14.1. The molecule has 0 aliphatic rings. The fourth-order valence-electron chi connectivity index (χ4n) is 5.33. The SMILES string of the molecule is C#CO.C#Cc1ccc(C)cc1.CCNCC.CCNCC.Cc1ccc(C#CO)cc1.Cc1ccc(C#Cc2ccc(C=O)cc2)cc1.Cc1ccc(I)cc1.Cc1ccccc1.O=Cc1ccc(Br)cc1.Oc1ccc(I)cc1.[Cu][I].[Cu][I].[H-].[Na+]. The molecule has 8 aromatic carbocycles. The molecule has 8 rings (SSSR count). The van der Waals surface area contributed by atoms with Crippen molar-refractivity contribution < 1.29 is 81.4 Å². The van der Waals surface area contributed by atoms with Crippen LogP contribution in [0.2, 0.25) is 0 Å². The molecule has 5 N–H and O–H groups in total. The summed E-state index contributed by atoms with van der Waals surface area (Å²) in [6.45, 7) is 23.1. The fourth-order valence-corrected chi connectivity index (χ4v) is 6.31. The zero-order chi connectivity index (χ0) is 64.9. The third-order valence-electron chi connectivity index (χ3n) is 9.70. The van der Waals surface area contributed by atoms with Crippen LogP contribution in [0.5, 0.6) is 5.75 Å². The van der Waals surface area contributed by atoms with Crippen molar-refractivity contribution in [2.75, 3.05) is 26.2 Å². The minimum absolute atomic E-state index is 0. The number of rotatable bonds is 6. The standard InChI is InChI=1S/C16H12O.C9H8O.C9H8.C7H5BrO.C7H7I.C7H8.C6H5IO.2C4H11N.C2H2O.2Cu.2HI.Na.H/c1-13-2-4-14(5-3-13)6-7-15-8-10-16(12-17)11-9-15;1-8-2-4-9(5-3-8)6-7-10;1-3-9-6-4-8(2)5-7-9;8-7-3-1-6(5-9)2-4-7;1-6-2-4-7(8)5-3-6;1-7-5-3-2-4-6-7;7-5-1-3-6(8)4-2-5;2*1-3-5-4-2;1-2-3;;;;;;/h2-5,8-12H,1H3;2-5,10H,1H3;1,4-7H,2H3;1-5H;2-5H,1H3;2-6H,1H3;1-4,8H;2*5H,3-4H2,1-2H3;1,3H;;;2*1H;;/q;;;;;;;;;;2*+1;;;+1;-1/p-2. The van der Waals surface area contributed by atoms with Gasteiger partial charge in [0.05, 0.1) is 0 Å². The van der Waals surface area contributed by atoms with E-state index in [0.29, 0.717) is 16.9 Å². The van der Waals surface area contributed by atoms with Gasteiger partial charge in [-0.1, -0.05) is 199 Å². The topological polar surface area (TPSA) is 119 Å². The van der Waals surface area contributed by atoms with E-state index in [2.05, 4.69) is 212 Å². The number of benzene rings is 8. The molecule has 15 heteroatoms. The van der Waals surface area contributed by atoms with Crippen molar-refractivity contribution in [2.24, 2.45) is 0 Å². The molecule has 0 aliphatic carbocycles. The molecule has 0 amide bonds. The van der Waals surface area contributed by atoms with E-state index in [4.69, 9.17) is 21.7 Å². The number of aromatic hydroxyl groups is 1. The van der Waals surface area contributed by atoms with Gasteiger partial charge in [0, 0.05) is 45.0 Å². The van der Waals surface area contributed by atoms with Crippen LogP contribution in [-0.4, -0.2) is 54.1 Å². The van der Waals surface area contributed by atoms with E-state index in [9.17, 15) is 9.59 Å². The molecule has 0 fully saturated rings. The number of halogens is 5. The molecule has 0 saturated heterocycles. The second-order valence-electron chi connectivity index (χ2n) is 16.6. The summed E-state index contributed by atoms with van der Waals surface area (Å²) in [4.78, 5) is 20.6. The van der Waals surface area contributed by atoms with Crippen molar-refractivity contribution in [3.8, 4) is 54.5 Å². The number of carbonyl (C=O) groups is 2. The van der Waals surface area contributed by atoms with E-state index >= 15 is 0 Å².